The quantitative estimate of drug-likeness (QED) is 0.800. The van der Waals surface area contributed by atoms with Crippen LogP contribution in [0.1, 0.15) is 6.42 Å². The fraction of sp³-hybridized carbons (Fsp3) is 0.357. The summed E-state index contributed by atoms with van der Waals surface area (Å²) in [6, 6.07) is 10.2. The predicted octanol–water partition coefficient (Wildman–Crippen LogP) is 2.69. The molecule has 3 rings (SSSR count). The molecule has 1 aliphatic heterocycles. The summed E-state index contributed by atoms with van der Waals surface area (Å²) in [6.07, 6.45) is 1.14. The number of aromatic nitrogens is 1. The van der Waals surface area contributed by atoms with Crippen molar-refractivity contribution in [3.05, 3.63) is 35.5 Å². The van der Waals surface area contributed by atoms with Crippen LogP contribution in [0, 0.1) is 0 Å². The molecule has 0 aliphatic carbocycles. The molecule has 0 saturated carbocycles. The number of anilines is 1. The highest BCUT2D eigenvalue weighted by molar-refractivity contribution is 6.30. The number of benzene rings is 1. The molecule has 2 aromatic rings. The Bertz CT molecular complexity index is 548. The standard InChI is InChI=1S/C14H16ClN3/c15-13-10-11-4-1-2-5-12(11)14(17-13)18-8-3-6-16-7-9-18/h1-2,4-5,10,16H,3,6-9H2. The first-order valence-corrected chi connectivity index (χ1v) is 6.73. The maximum Gasteiger partial charge on any atom is 0.138 e. The molecule has 1 N–H and O–H groups in total. The molecule has 18 heavy (non-hydrogen) atoms. The third kappa shape index (κ3) is 2.28. The SMILES string of the molecule is Clc1cc2ccccc2c(N2CCCNCC2)n1. The van der Waals surface area contributed by atoms with E-state index >= 15 is 0 Å². The van der Waals surface area contributed by atoms with E-state index in [0.29, 0.717) is 5.15 Å². The second kappa shape index (κ2) is 5.12. The molecule has 0 unspecified atom stereocenters. The summed E-state index contributed by atoms with van der Waals surface area (Å²) in [5.74, 6) is 1.02. The molecule has 1 fully saturated rings. The van der Waals surface area contributed by atoms with E-state index in [0.717, 1.165) is 43.8 Å². The molecule has 0 atom stereocenters. The Kier molecular flexibility index (Phi) is 3.35. The lowest BCUT2D eigenvalue weighted by Crippen LogP contribution is -2.28. The zero-order valence-electron chi connectivity index (χ0n) is 10.2. The molecule has 1 aliphatic rings. The maximum absolute atomic E-state index is 6.13. The van der Waals surface area contributed by atoms with Gasteiger partial charge >= 0.3 is 0 Å². The van der Waals surface area contributed by atoms with E-state index in [-0.39, 0.29) is 0 Å². The number of hydrogen-bond donors (Lipinski definition) is 1. The number of nitrogens with zero attached hydrogens (tertiary/aromatic N) is 2. The Balaban J connectivity index is 2.08. The number of halogens is 1. The first-order chi connectivity index (χ1) is 8.84. The summed E-state index contributed by atoms with van der Waals surface area (Å²) in [5, 5.41) is 6.32. The summed E-state index contributed by atoms with van der Waals surface area (Å²) in [7, 11) is 0. The van der Waals surface area contributed by atoms with Crippen LogP contribution in [0.2, 0.25) is 5.15 Å². The van der Waals surface area contributed by atoms with Gasteiger partial charge in [0.05, 0.1) is 0 Å². The molecule has 0 bridgehead atoms. The number of fused-ring (bicyclic) bond motifs is 1. The molecular formula is C14H16ClN3. The third-order valence-electron chi connectivity index (χ3n) is 3.33. The fourth-order valence-corrected chi connectivity index (χ4v) is 2.64. The lowest BCUT2D eigenvalue weighted by Gasteiger charge is -2.22. The first kappa shape index (κ1) is 11.8. The van der Waals surface area contributed by atoms with Crippen LogP contribution in [-0.2, 0) is 0 Å². The van der Waals surface area contributed by atoms with E-state index in [2.05, 4.69) is 33.4 Å². The Morgan fingerprint density at radius 3 is 3.00 bits per heavy atom. The minimum atomic E-state index is 0.570. The van der Waals surface area contributed by atoms with Gasteiger partial charge in [0.25, 0.3) is 0 Å². The van der Waals surface area contributed by atoms with E-state index in [4.69, 9.17) is 11.6 Å². The lowest BCUT2D eigenvalue weighted by molar-refractivity contribution is 0.724. The molecule has 4 heteroatoms. The normalized spacial score (nSPS) is 16.8. The van der Waals surface area contributed by atoms with Crippen molar-refractivity contribution < 1.29 is 0 Å². The van der Waals surface area contributed by atoms with Gasteiger partial charge in [0, 0.05) is 25.0 Å². The Hall–Kier alpha value is -1.32. The summed E-state index contributed by atoms with van der Waals surface area (Å²) in [4.78, 5) is 6.86. The van der Waals surface area contributed by atoms with Crippen LogP contribution in [0.4, 0.5) is 5.82 Å². The molecule has 0 amide bonds. The van der Waals surface area contributed by atoms with Crippen molar-refractivity contribution in [1.82, 2.24) is 10.3 Å². The van der Waals surface area contributed by atoms with Crippen molar-refractivity contribution in [2.75, 3.05) is 31.1 Å². The van der Waals surface area contributed by atoms with Crippen LogP contribution in [-0.4, -0.2) is 31.2 Å². The van der Waals surface area contributed by atoms with E-state index in [1.807, 2.05) is 12.1 Å². The minimum absolute atomic E-state index is 0.570. The zero-order valence-corrected chi connectivity index (χ0v) is 11.0. The van der Waals surface area contributed by atoms with Crippen molar-refractivity contribution in [3.8, 4) is 0 Å². The summed E-state index contributed by atoms with van der Waals surface area (Å²) < 4.78 is 0. The van der Waals surface area contributed by atoms with Gasteiger partial charge < -0.3 is 10.2 Å². The summed E-state index contributed by atoms with van der Waals surface area (Å²) in [6.45, 7) is 4.10. The average molecular weight is 262 g/mol. The van der Waals surface area contributed by atoms with Gasteiger partial charge in [-0.1, -0.05) is 35.9 Å². The molecule has 2 heterocycles. The van der Waals surface area contributed by atoms with Crippen LogP contribution in [0.15, 0.2) is 30.3 Å². The second-order valence-corrected chi connectivity index (χ2v) is 4.97. The maximum atomic E-state index is 6.13. The van der Waals surface area contributed by atoms with Crippen LogP contribution >= 0.6 is 11.6 Å². The summed E-state index contributed by atoms with van der Waals surface area (Å²) in [5.41, 5.74) is 0. The van der Waals surface area contributed by atoms with E-state index < -0.39 is 0 Å². The predicted molar refractivity (Wildman–Crippen MR) is 76.5 cm³/mol. The van der Waals surface area contributed by atoms with Gasteiger partial charge in [-0.2, -0.15) is 0 Å². The smallest absolute Gasteiger partial charge is 0.138 e. The van der Waals surface area contributed by atoms with Crippen LogP contribution in [0.25, 0.3) is 10.8 Å². The summed E-state index contributed by atoms with van der Waals surface area (Å²) >= 11 is 6.13. The largest absolute Gasteiger partial charge is 0.355 e. The molecule has 0 radical (unpaired) electrons. The number of pyridine rings is 1. The monoisotopic (exact) mass is 261 g/mol. The van der Waals surface area contributed by atoms with E-state index in [1.165, 1.54) is 5.39 Å². The Labute approximate surface area is 112 Å². The molecular weight excluding hydrogens is 246 g/mol. The third-order valence-corrected chi connectivity index (χ3v) is 3.52. The average Bonchev–Trinajstić information content (AvgIpc) is 2.66. The highest BCUT2D eigenvalue weighted by Gasteiger charge is 2.14. The van der Waals surface area contributed by atoms with Crippen molar-refractivity contribution >= 4 is 28.2 Å². The molecule has 94 valence electrons. The van der Waals surface area contributed by atoms with Crippen LogP contribution in [0.3, 0.4) is 0 Å². The Morgan fingerprint density at radius 2 is 2.06 bits per heavy atom. The van der Waals surface area contributed by atoms with Gasteiger partial charge in [0.1, 0.15) is 11.0 Å². The topological polar surface area (TPSA) is 28.2 Å². The number of rotatable bonds is 1. The molecule has 1 saturated heterocycles. The van der Waals surface area contributed by atoms with Crippen molar-refractivity contribution in [1.29, 1.82) is 0 Å². The molecule has 3 nitrogen and oxygen atoms in total. The van der Waals surface area contributed by atoms with Gasteiger partial charge in [-0.05, 0) is 24.4 Å². The fourth-order valence-electron chi connectivity index (χ4n) is 2.45. The van der Waals surface area contributed by atoms with Gasteiger partial charge in [-0.25, -0.2) is 4.98 Å². The Morgan fingerprint density at radius 1 is 1.17 bits per heavy atom. The van der Waals surface area contributed by atoms with Gasteiger partial charge in [-0.3, -0.25) is 0 Å². The van der Waals surface area contributed by atoms with Crippen molar-refractivity contribution in [2.45, 2.75) is 6.42 Å². The first-order valence-electron chi connectivity index (χ1n) is 6.35. The highest BCUT2D eigenvalue weighted by atomic mass is 35.5. The molecule has 1 aromatic heterocycles. The van der Waals surface area contributed by atoms with Crippen molar-refractivity contribution in [3.63, 3.8) is 0 Å². The van der Waals surface area contributed by atoms with E-state index in [9.17, 15) is 0 Å². The number of hydrogen-bond acceptors (Lipinski definition) is 3. The van der Waals surface area contributed by atoms with E-state index in [1.54, 1.807) is 0 Å². The van der Waals surface area contributed by atoms with Gasteiger partial charge in [-0.15, -0.1) is 0 Å². The molecule has 1 aromatic carbocycles. The molecule has 0 spiro atoms. The van der Waals surface area contributed by atoms with Gasteiger partial charge in [0.2, 0.25) is 0 Å². The zero-order chi connectivity index (χ0) is 12.4. The minimum Gasteiger partial charge on any atom is -0.355 e. The number of nitrogens with one attached hydrogen (secondary N) is 1. The van der Waals surface area contributed by atoms with Gasteiger partial charge in [0.15, 0.2) is 0 Å². The van der Waals surface area contributed by atoms with Crippen LogP contribution < -0.4 is 10.2 Å². The second-order valence-electron chi connectivity index (χ2n) is 4.58. The van der Waals surface area contributed by atoms with Crippen LogP contribution in [0.5, 0.6) is 0 Å². The lowest BCUT2D eigenvalue weighted by atomic mass is 10.1. The van der Waals surface area contributed by atoms with Crippen molar-refractivity contribution in [2.24, 2.45) is 0 Å². The highest BCUT2D eigenvalue weighted by Crippen LogP contribution is 2.27.